The van der Waals surface area contributed by atoms with Gasteiger partial charge in [-0.2, -0.15) is 5.10 Å². The van der Waals surface area contributed by atoms with Gasteiger partial charge in [0, 0.05) is 0 Å². The summed E-state index contributed by atoms with van der Waals surface area (Å²) in [6.45, 7) is 3.65. The summed E-state index contributed by atoms with van der Waals surface area (Å²) in [4.78, 5) is 0. The number of nitrogens with two attached hydrogens (primary N) is 1. The fourth-order valence-corrected chi connectivity index (χ4v) is 1.69. The highest BCUT2D eigenvalue weighted by Gasteiger charge is 2.12. The predicted octanol–water partition coefficient (Wildman–Crippen LogP) is 2.86. The Morgan fingerprint density at radius 1 is 1.38 bits per heavy atom. The SMILES string of the molecule is Cc1nn(-c2ccc(F)cc2N)c(C)c1Cl. The Hall–Kier alpha value is -1.55. The Bertz CT molecular complexity index is 548. The molecule has 2 aromatic rings. The van der Waals surface area contributed by atoms with Crippen LogP contribution in [0.4, 0.5) is 10.1 Å². The maximum Gasteiger partial charge on any atom is 0.125 e. The van der Waals surface area contributed by atoms with Crippen molar-refractivity contribution in [2.45, 2.75) is 13.8 Å². The molecular weight excluding hydrogens is 229 g/mol. The van der Waals surface area contributed by atoms with E-state index < -0.39 is 0 Å². The molecule has 0 aliphatic carbocycles. The molecule has 0 saturated carbocycles. The molecule has 0 saturated heterocycles. The van der Waals surface area contributed by atoms with E-state index in [1.807, 2.05) is 13.8 Å². The van der Waals surface area contributed by atoms with Crippen molar-refractivity contribution >= 4 is 17.3 Å². The minimum atomic E-state index is -0.367. The van der Waals surface area contributed by atoms with E-state index in [1.54, 1.807) is 10.7 Å². The molecule has 2 N–H and O–H groups in total. The van der Waals surface area contributed by atoms with Crippen LogP contribution in [0.15, 0.2) is 18.2 Å². The number of nitrogens with zero attached hydrogens (tertiary/aromatic N) is 2. The average molecular weight is 240 g/mol. The molecule has 0 amide bonds. The minimum absolute atomic E-state index is 0.335. The van der Waals surface area contributed by atoms with Crippen molar-refractivity contribution in [2.75, 3.05) is 5.73 Å². The first-order valence-corrected chi connectivity index (χ1v) is 5.15. The van der Waals surface area contributed by atoms with Gasteiger partial charge < -0.3 is 5.73 Å². The number of halogens is 2. The van der Waals surface area contributed by atoms with Crippen molar-refractivity contribution in [1.82, 2.24) is 9.78 Å². The van der Waals surface area contributed by atoms with Gasteiger partial charge in [-0.15, -0.1) is 0 Å². The van der Waals surface area contributed by atoms with Crippen molar-refractivity contribution in [3.63, 3.8) is 0 Å². The molecule has 0 bridgehead atoms. The Balaban J connectivity index is 2.63. The molecule has 2 rings (SSSR count). The Kier molecular flexibility index (Phi) is 2.59. The van der Waals surface area contributed by atoms with Crippen LogP contribution in [0.5, 0.6) is 0 Å². The maximum absolute atomic E-state index is 12.9. The van der Waals surface area contributed by atoms with Gasteiger partial charge in [-0.1, -0.05) is 11.6 Å². The van der Waals surface area contributed by atoms with Crippen molar-refractivity contribution in [1.29, 1.82) is 0 Å². The predicted molar refractivity (Wildman–Crippen MR) is 62.4 cm³/mol. The summed E-state index contributed by atoms with van der Waals surface area (Å²) >= 11 is 6.03. The molecule has 1 heterocycles. The third kappa shape index (κ3) is 1.65. The Labute approximate surface area is 97.6 Å². The summed E-state index contributed by atoms with van der Waals surface area (Å²) < 4.78 is 14.5. The molecule has 0 atom stereocenters. The number of aromatic nitrogens is 2. The van der Waals surface area contributed by atoms with Crippen LogP contribution in [0.25, 0.3) is 5.69 Å². The molecule has 0 radical (unpaired) electrons. The van der Waals surface area contributed by atoms with Crippen molar-refractivity contribution < 1.29 is 4.39 Å². The number of nitrogen functional groups attached to an aromatic ring is 1. The first-order valence-electron chi connectivity index (χ1n) is 4.78. The van der Waals surface area contributed by atoms with Crippen LogP contribution in [0.2, 0.25) is 5.02 Å². The van der Waals surface area contributed by atoms with Gasteiger partial charge in [-0.05, 0) is 32.0 Å². The highest BCUT2D eigenvalue weighted by Crippen LogP contribution is 2.25. The standard InChI is InChI=1S/C11H11ClFN3/c1-6-11(12)7(2)16(15-6)10-4-3-8(13)5-9(10)14/h3-5H,14H2,1-2H3. The molecule has 0 unspecified atom stereocenters. The largest absolute Gasteiger partial charge is 0.397 e. The number of anilines is 1. The quantitative estimate of drug-likeness (QED) is 0.778. The van der Waals surface area contributed by atoms with E-state index in [-0.39, 0.29) is 5.82 Å². The van der Waals surface area contributed by atoms with E-state index in [0.29, 0.717) is 16.4 Å². The van der Waals surface area contributed by atoms with Crippen LogP contribution < -0.4 is 5.73 Å². The Morgan fingerprint density at radius 3 is 2.56 bits per heavy atom. The lowest BCUT2D eigenvalue weighted by Gasteiger charge is -2.07. The molecule has 16 heavy (non-hydrogen) atoms. The number of hydrogen-bond donors (Lipinski definition) is 1. The summed E-state index contributed by atoms with van der Waals surface area (Å²) in [6, 6.07) is 4.19. The third-order valence-electron chi connectivity index (χ3n) is 2.42. The average Bonchev–Trinajstić information content (AvgIpc) is 2.46. The number of benzene rings is 1. The summed E-state index contributed by atoms with van der Waals surface area (Å²) in [7, 11) is 0. The van der Waals surface area contributed by atoms with E-state index in [2.05, 4.69) is 5.10 Å². The van der Waals surface area contributed by atoms with Gasteiger partial charge in [0.25, 0.3) is 0 Å². The smallest absolute Gasteiger partial charge is 0.125 e. The zero-order chi connectivity index (χ0) is 11.9. The fraction of sp³-hybridized carbons (Fsp3) is 0.182. The monoisotopic (exact) mass is 239 g/mol. The topological polar surface area (TPSA) is 43.8 Å². The van der Waals surface area contributed by atoms with E-state index in [0.717, 1.165) is 11.4 Å². The molecule has 3 nitrogen and oxygen atoms in total. The zero-order valence-corrected chi connectivity index (χ0v) is 9.72. The summed E-state index contributed by atoms with van der Waals surface area (Å²) in [5.74, 6) is -0.367. The summed E-state index contributed by atoms with van der Waals surface area (Å²) in [5.41, 5.74) is 8.22. The molecule has 1 aromatic heterocycles. The van der Waals surface area contributed by atoms with E-state index in [1.165, 1.54) is 12.1 Å². The molecule has 0 aliphatic rings. The van der Waals surface area contributed by atoms with Crippen LogP contribution in [-0.2, 0) is 0 Å². The van der Waals surface area contributed by atoms with Gasteiger partial charge in [0.05, 0.1) is 27.8 Å². The number of hydrogen-bond acceptors (Lipinski definition) is 2. The first-order chi connectivity index (χ1) is 7.50. The summed E-state index contributed by atoms with van der Waals surface area (Å²) in [5, 5.41) is 4.85. The van der Waals surface area contributed by atoms with Gasteiger partial charge in [-0.25, -0.2) is 9.07 Å². The zero-order valence-electron chi connectivity index (χ0n) is 8.96. The van der Waals surface area contributed by atoms with Gasteiger partial charge in [-0.3, -0.25) is 0 Å². The third-order valence-corrected chi connectivity index (χ3v) is 2.97. The number of aryl methyl sites for hydroxylation is 1. The highest BCUT2D eigenvalue weighted by molar-refractivity contribution is 6.31. The van der Waals surface area contributed by atoms with Gasteiger partial charge in [0.15, 0.2) is 0 Å². The molecule has 1 aromatic carbocycles. The lowest BCUT2D eigenvalue weighted by molar-refractivity contribution is 0.627. The van der Waals surface area contributed by atoms with Crippen LogP contribution >= 0.6 is 11.6 Å². The van der Waals surface area contributed by atoms with Crippen molar-refractivity contribution in [3.8, 4) is 5.69 Å². The van der Waals surface area contributed by atoms with Crippen LogP contribution in [0.1, 0.15) is 11.4 Å². The van der Waals surface area contributed by atoms with E-state index >= 15 is 0 Å². The van der Waals surface area contributed by atoms with Crippen LogP contribution in [0.3, 0.4) is 0 Å². The molecule has 0 aliphatic heterocycles. The fourth-order valence-electron chi connectivity index (χ4n) is 1.58. The van der Waals surface area contributed by atoms with Gasteiger partial charge in [0.1, 0.15) is 5.82 Å². The van der Waals surface area contributed by atoms with Crippen LogP contribution in [-0.4, -0.2) is 9.78 Å². The van der Waals surface area contributed by atoms with Crippen molar-refractivity contribution in [2.24, 2.45) is 0 Å². The van der Waals surface area contributed by atoms with Gasteiger partial charge in [0.2, 0.25) is 0 Å². The molecule has 5 heteroatoms. The van der Waals surface area contributed by atoms with Gasteiger partial charge >= 0.3 is 0 Å². The lowest BCUT2D eigenvalue weighted by Crippen LogP contribution is -2.03. The maximum atomic E-state index is 12.9. The van der Waals surface area contributed by atoms with Crippen LogP contribution in [0, 0.1) is 19.7 Å². The normalized spacial score (nSPS) is 10.8. The lowest BCUT2D eigenvalue weighted by atomic mass is 10.2. The molecule has 0 spiro atoms. The summed E-state index contributed by atoms with van der Waals surface area (Å²) in [6.07, 6.45) is 0. The Morgan fingerprint density at radius 2 is 2.06 bits per heavy atom. The number of rotatable bonds is 1. The molecule has 0 fully saturated rings. The highest BCUT2D eigenvalue weighted by atomic mass is 35.5. The second kappa shape index (κ2) is 3.79. The van der Waals surface area contributed by atoms with Crippen molar-refractivity contribution in [3.05, 3.63) is 40.4 Å². The second-order valence-electron chi connectivity index (χ2n) is 3.60. The molecule has 84 valence electrons. The molecular formula is C11H11ClFN3. The van der Waals surface area contributed by atoms with E-state index in [9.17, 15) is 4.39 Å². The second-order valence-corrected chi connectivity index (χ2v) is 3.98. The van der Waals surface area contributed by atoms with E-state index in [4.69, 9.17) is 17.3 Å². The first kappa shape index (κ1) is 11.0. The minimum Gasteiger partial charge on any atom is -0.397 e.